The summed E-state index contributed by atoms with van der Waals surface area (Å²) >= 11 is 0. The van der Waals surface area contributed by atoms with E-state index in [4.69, 9.17) is 4.74 Å². The van der Waals surface area contributed by atoms with Gasteiger partial charge in [-0.3, -0.25) is 9.29 Å². The molecule has 124 valence electrons. The van der Waals surface area contributed by atoms with Crippen LogP contribution in [0.5, 0.6) is 11.6 Å². The second-order valence-electron chi connectivity index (χ2n) is 5.08. The van der Waals surface area contributed by atoms with Crippen molar-refractivity contribution in [3.8, 4) is 17.4 Å². The van der Waals surface area contributed by atoms with Gasteiger partial charge >= 0.3 is 0 Å². The summed E-state index contributed by atoms with van der Waals surface area (Å²) in [5.41, 5.74) is 0.461. The molecule has 0 bridgehead atoms. The molecule has 0 aliphatic rings. The van der Waals surface area contributed by atoms with Crippen molar-refractivity contribution in [2.24, 2.45) is 0 Å². The van der Waals surface area contributed by atoms with Crippen LogP contribution in [0.3, 0.4) is 0 Å². The van der Waals surface area contributed by atoms with Gasteiger partial charge in [-0.1, -0.05) is 0 Å². The highest BCUT2D eigenvalue weighted by Gasteiger charge is 2.07. The fourth-order valence-electron chi connectivity index (χ4n) is 2.03. The summed E-state index contributed by atoms with van der Waals surface area (Å²) in [6.07, 6.45) is 6.17. The Hall–Kier alpha value is -2.94. The predicted molar refractivity (Wildman–Crippen MR) is 88.9 cm³/mol. The van der Waals surface area contributed by atoms with Gasteiger partial charge in [0.25, 0.3) is 0 Å². The smallest absolute Gasteiger partial charge is 0.229 e. The molecule has 0 atom stereocenters. The van der Waals surface area contributed by atoms with E-state index in [9.17, 15) is 8.42 Å². The topological polar surface area (TPSA) is 99.0 Å². The van der Waals surface area contributed by atoms with E-state index in [1.165, 1.54) is 0 Å². The lowest BCUT2D eigenvalue weighted by Crippen LogP contribution is -2.09. The van der Waals surface area contributed by atoms with Crippen LogP contribution in [0.4, 0.5) is 5.69 Å². The summed E-state index contributed by atoms with van der Waals surface area (Å²) in [4.78, 5) is 12.6. The van der Waals surface area contributed by atoms with E-state index in [0.29, 0.717) is 29.0 Å². The van der Waals surface area contributed by atoms with Crippen LogP contribution in [0.25, 0.3) is 5.82 Å². The Bertz CT molecular complexity index is 938. The van der Waals surface area contributed by atoms with Gasteiger partial charge in [-0.05, 0) is 31.2 Å². The second-order valence-corrected chi connectivity index (χ2v) is 6.83. The predicted octanol–water partition coefficient (Wildman–Crippen LogP) is 2.13. The number of anilines is 1. The maximum absolute atomic E-state index is 11.2. The van der Waals surface area contributed by atoms with Gasteiger partial charge in [0.15, 0.2) is 0 Å². The first kappa shape index (κ1) is 15.9. The minimum absolute atomic E-state index is 0.384. The Balaban J connectivity index is 1.81. The van der Waals surface area contributed by atoms with Crippen molar-refractivity contribution in [1.29, 1.82) is 0 Å². The van der Waals surface area contributed by atoms with Crippen molar-refractivity contribution in [3.05, 3.63) is 54.9 Å². The van der Waals surface area contributed by atoms with Gasteiger partial charge in [-0.2, -0.15) is 4.98 Å². The van der Waals surface area contributed by atoms with Gasteiger partial charge in [0.05, 0.1) is 6.26 Å². The molecule has 24 heavy (non-hydrogen) atoms. The van der Waals surface area contributed by atoms with Crippen LogP contribution in [0.2, 0.25) is 0 Å². The molecule has 0 unspecified atom stereocenters. The quantitative estimate of drug-likeness (QED) is 0.760. The average Bonchev–Trinajstić information content (AvgIpc) is 3.01. The van der Waals surface area contributed by atoms with Crippen molar-refractivity contribution in [1.82, 2.24) is 19.5 Å². The molecule has 1 N–H and O–H groups in total. The van der Waals surface area contributed by atoms with Crippen LogP contribution in [0.15, 0.2) is 49.1 Å². The van der Waals surface area contributed by atoms with E-state index in [-0.39, 0.29) is 0 Å². The zero-order valence-electron chi connectivity index (χ0n) is 13.0. The lowest BCUT2D eigenvalue weighted by Gasteiger charge is -2.09. The molecule has 0 aliphatic carbocycles. The minimum atomic E-state index is -3.31. The number of benzene rings is 1. The molecule has 0 spiro atoms. The molecule has 0 amide bonds. The number of rotatable bonds is 5. The Morgan fingerprint density at radius 3 is 2.54 bits per heavy atom. The molecule has 0 saturated heterocycles. The SMILES string of the molecule is Cc1nc(Oc2ccc(NS(C)(=O)=O)cc2)cc(-n2ccnc2)n1. The van der Waals surface area contributed by atoms with E-state index in [2.05, 4.69) is 19.7 Å². The van der Waals surface area contributed by atoms with E-state index in [1.807, 2.05) is 0 Å². The fraction of sp³-hybridized carbons (Fsp3) is 0.133. The molecule has 0 fully saturated rings. The molecule has 2 heterocycles. The van der Waals surface area contributed by atoms with Gasteiger partial charge in [0.1, 0.15) is 23.7 Å². The highest BCUT2D eigenvalue weighted by atomic mass is 32.2. The molecule has 0 radical (unpaired) electrons. The lowest BCUT2D eigenvalue weighted by molar-refractivity contribution is 0.459. The molecule has 2 aromatic heterocycles. The lowest BCUT2D eigenvalue weighted by atomic mass is 10.3. The minimum Gasteiger partial charge on any atom is -0.439 e. The maximum Gasteiger partial charge on any atom is 0.229 e. The monoisotopic (exact) mass is 345 g/mol. The van der Waals surface area contributed by atoms with Crippen molar-refractivity contribution in [3.63, 3.8) is 0 Å². The number of nitrogens with one attached hydrogen (secondary N) is 1. The Labute approximate surface area is 139 Å². The summed E-state index contributed by atoms with van der Waals surface area (Å²) in [7, 11) is -3.31. The van der Waals surface area contributed by atoms with Gasteiger partial charge in [0, 0.05) is 24.1 Å². The molecule has 3 aromatic rings. The van der Waals surface area contributed by atoms with Crippen LogP contribution in [0, 0.1) is 6.92 Å². The van der Waals surface area contributed by atoms with Crippen LogP contribution in [0.1, 0.15) is 5.82 Å². The number of aryl methyl sites for hydroxylation is 1. The second kappa shape index (κ2) is 6.28. The largest absolute Gasteiger partial charge is 0.439 e. The van der Waals surface area contributed by atoms with E-state index in [0.717, 1.165) is 6.26 Å². The first-order valence-electron chi connectivity index (χ1n) is 6.99. The van der Waals surface area contributed by atoms with E-state index >= 15 is 0 Å². The highest BCUT2D eigenvalue weighted by Crippen LogP contribution is 2.23. The molecule has 8 nitrogen and oxygen atoms in total. The Kier molecular flexibility index (Phi) is 4.17. The highest BCUT2D eigenvalue weighted by molar-refractivity contribution is 7.92. The summed E-state index contributed by atoms with van der Waals surface area (Å²) in [6.45, 7) is 1.77. The summed E-state index contributed by atoms with van der Waals surface area (Å²) < 4.78 is 32.3. The summed E-state index contributed by atoms with van der Waals surface area (Å²) in [5.74, 6) is 2.12. The fourth-order valence-corrected chi connectivity index (χ4v) is 2.59. The first-order valence-corrected chi connectivity index (χ1v) is 8.88. The number of hydrogen-bond donors (Lipinski definition) is 1. The van der Waals surface area contributed by atoms with Crippen molar-refractivity contribution < 1.29 is 13.2 Å². The average molecular weight is 345 g/mol. The van der Waals surface area contributed by atoms with Crippen molar-refractivity contribution in [2.75, 3.05) is 11.0 Å². The van der Waals surface area contributed by atoms with E-state index < -0.39 is 10.0 Å². The number of aromatic nitrogens is 4. The maximum atomic E-state index is 11.2. The Morgan fingerprint density at radius 1 is 1.17 bits per heavy atom. The standard InChI is InChI=1S/C15H15N5O3S/c1-11-17-14(20-8-7-16-10-20)9-15(18-11)23-13-5-3-12(4-6-13)19-24(2,21)22/h3-10,19H,1-2H3. The number of imidazole rings is 1. The van der Waals surface area contributed by atoms with Crippen LogP contribution < -0.4 is 9.46 Å². The third-order valence-electron chi connectivity index (χ3n) is 2.95. The molecule has 0 saturated carbocycles. The van der Waals surface area contributed by atoms with Gasteiger partial charge in [0.2, 0.25) is 15.9 Å². The summed E-state index contributed by atoms with van der Waals surface area (Å²) in [5, 5.41) is 0. The van der Waals surface area contributed by atoms with Gasteiger partial charge < -0.3 is 4.74 Å². The molecular weight excluding hydrogens is 330 g/mol. The summed E-state index contributed by atoms with van der Waals surface area (Å²) in [6, 6.07) is 8.23. The number of nitrogens with zero attached hydrogens (tertiary/aromatic N) is 4. The van der Waals surface area contributed by atoms with Gasteiger partial charge in [-0.15, -0.1) is 0 Å². The zero-order chi connectivity index (χ0) is 17.2. The third kappa shape index (κ3) is 4.07. The van der Waals surface area contributed by atoms with Crippen LogP contribution in [-0.4, -0.2) is 34.2 Å². The molecule has 9 heteroatoms. The van der Waals surface area contributed by atoms with Crippen molar-refractivity contribution in [2.45, 2.75) is 6.92 Å². The molecule has 3 rings (SSSR count). The van der Waals surface area contributed by atoms with Crippen LogP contribution >= 0.6 is 0 Å². The Morgan fingerprint density at radius 2 is 1.92 bits per heavy atom. The number of sulfonamides is 1. The first-order chi connectivity index (χ1) is 11.4. The zero-order valence-corrected chi connectivity index (χ0v) is 13.9. The number of hydrogen-bond acceptors (Lipinski definition) is 6. The normalized spacial score (nSPS) is 11.2. The molecular formula is C15H15N5O3S. The number of ether oxygens (including phenoxy) is 1. The van der Waals surface area contributed by atoms with Gasteiger partial charge in [-0.25, -0.2) is 18.4 Å². The third-order valence-corrected chi connectivity index (χ3v) is 3.56. The molecule has 1 aromatic carbocycles. The van der Waals surface area contributed by atoms with Crippen molar-refractivity contribution >= 4 is 15.7 Å². The van der Waals surface area contributed by atoms with Crippen LogP contribution in [-0.2, 0) is 10.0 Å². The molecule has 0 aliphatic heterocycles. The van der Waals surface area contributed by atoms with E-state index in [1.54, 1.807) is 60.5 Å².